The Balaban J connectivity index is 1.63. The summed E-state index contributed by atoms with van der Waals surface area (Å²) in [6.07, 6.45) is 4.31. The molecule has 0 spiro atoms. The summed E-state index contributed by atoms with van der Waals surface area (Å²) in [5, 5.41) is 2.71. The van der Waals surface area contributed by atoms with Gasteiger partial charge in [-0.05, 0) is 74.0 Å². The number of alkyl halides is 1. The van der Waals surface area contributed by atoms with Crippen molar-refractivity contribution in [2.24, 2.45) is 5.73 Å². The van der Waals surface area contributed by atoms with E-state index >= 15 is 0 Å². The van der Waals surface area contributed by atoms with E-state index < -0.39 is 23.3 Å². The fourth-order valence-electron chi connectivity index (χ4n) is 3.40. The predicted octanol–water partition coefficient (Wildman–Crippen LogP) is 4.90. The monoisotopic (exact) mass is 473 g/mol. The highest BCUT2D eigenvalue weighted by molar-refractivity contribution is 6.04. The van der Waals surface area contributed by atoms with Crippen LogP contribution in [0.2, 0.25) is 0 Å². The molecule has 3 N–H and O–H groups in total. The van der Waals surface area contributed by atoms with Crippen LogP contribution in [0.5, 0.6) is 0 Å². The van der Waals surface area contributed by atoms with Gasteiger partial charge in [0.2, 0.25) is 0 Å². The number of nitrogens with one attached hydrogen (secondary N) is 1. The van der Waals surface area contributed by atoms with Crippen molar-refractivity contribution in [3.63, 3.8) is 0 Å². The van der Waals surface area contributed by atoms with E-state index in [0.29, 0.717) is 22.5 Å². The van der Waals surface area contributed by atoms with Gasteiger partial charge < -0.3 is 11.1 Å². The van der Waals surface area contributed by atoms with Crippen LogP contribution in [0.15, 0.2) is 73.2 Å². The molecule has 2 amide bonds. The maximum Gasteiger partial charge on any atom is 0.267 e. The van der Waals surface area contributed by atoms with Crippen molar-refractivity contribution < 1.29 is 18.4 Å². The van der Waals surface area contributed by atoms with Gasteiger partial charge in [-0.15, -0.1) is 0 Å². The summed E-state index contributed by atoms with van der Waals surface area (Å²) in [6, 6.07) is 13.5. The van der Waals surface area contributed by atoms with Crippen LogP contribution in [0.25, 0.3) is 22.4 Å². The van der Waals surface area contributed by atoms with Crippen molar-refractivity contribution in [3.05, 3.63) is 96.0 Å². The maximum atomic E-state index is 14.7. The zero-order valence-corrected chi connectivity index (χ0v) is 18.9. The van der Waals surface area contributed by atoms with E-state index in [-0.39, 0.29) is 22.5 Å². The van der Waals surface area contributed by atoms with Crippen LogP contribution in [0, 0.1) is 5.82 Å². The fourth-order valence-corrected chi connectivity index (χ4v) is 3.40. The van der Waals surface area contributed by atoms with Crippen molar-refractivity contribution in [2.75, 3.05) is 5.32 Å². The average molecular weight is 473 g/mol. The molecule has 9 heteroatoms. The molecule has 1 aromatic carbocycles. The highest BCUT2D eigenvalue weighted by atomic mass is 19.1. The molecule has 4 aromatic rings. The molecule has 0 aliphatic carbocycles. The van der Waals surface area contributed by atoms with Crippen molar-refractivity contribution in [1.29, 1.82) is 0 Å². The summed E-state index contributed by atoms with van der Waals surface area (Å²) >= 11 is 0. The molecule has 0 fully saturated rings. The Morgan fingerprint density at radius 3 is 2.34 bits per heavy atom. The molecule has 0 radical (unpaired) electrons. The lowest BCUT2D eigenvalue weighted by molar-refractivity contribution is 0.0993. The standard InChI is InChI=1S/C26H21F2N5O2/c1-26(2,28)23-13-17(7-10-32-23)25(35)33-18-3-4-20(27)19(14-18)15-5-8-30-21(11-15)16-6-9-31-22(12-16)24(29)34/h3-14H,1-2H3,(H2,29,34)(H,33,35). The first kappa shape index (κ1) is 23.6. The molecule has 0 atom stereocenters. The Hall–Kier alpha value is -4.53. The molecule has 7 nitrogen and oxygen atoms in total. The molecule has 35 heavy (non-hydrogen) atoms. The van der Waals surface area contributed by atoms with Crippen molar-refractivity contribution >= 4 is 17.5 Å². The molecule has 0 saturated carbocycles. The fraction of sp³-hybridized carbons (Fsp3) is 0.115. The first-order chi connectivity index (χ1) is 16.6. The van der Waals surface area contributed by atoms with Crippen molar-refractivity contribution in [3.8, 4) is 22.4 Å². The molecule has 0 aliphatic heterocycles. The van der Waals surface area contributed by atoms with Gasteiger partial charge in [-0.2, -0.15) is 0 Å². The smallest absolute Gasteiger partial charge is 0.267 e. The number of carbonyl (C=O) groups is 2. The topological polar surface area (TPSA) is 111 Å². The van der Waals surface area contributed by atoms with E-state index in [2.05, 4.69) is 20.3 Å². The lowest BCUT2D eigenvalue weighted by atomic mass is 10.0. The third-order valence-corrected chi connectivity index (χ3v) is 5.23. The van der Waals surface area contributed by atoms with Crippen LogP contribution in [0.3, 0.4) is 0 Å². The number of primary amides is 1. The summed E-state index contributed by atoms with van der Waals surface area (Å²) in [5.41, 5.74) is 6.20. The van der Waals surface area contributed by atoms with Gasteiger partial charge in [-0.25, -0.2) is 8.78 Å². The minimum absolute atomic E-state index is 0.0843. The van der Waals surface area contributed by atoms with Gasteiger partial charge in [0.15, 0.2) is 0 Å². The molecule has 176 valence electrons. The van der Waals surface area contributed by atoms with Crippen LogP contribution in [-0.4, -0.2) is 26.8 Å². The molecule has 0 saturated heterocycles. The second kappa shape index (κ2) is 9.38. The minimum atomic E-state index is -1.70. The molecule has 0 unspecified atom stereocenters. The number of carbonyl (C=O) groups excluding carboxylic acids is 2. The maximum absolute atomic E-state index is 14.7. The van der Waals surface area contributed by atoms with Crippen molar-refractivity contribution in [2.45, 2.75) is 19.5 Å². The second-order valence-corrected chi connectivity index (χ2v) is 8.27. The lowest BCUT2D eigenvalue weighted by Gasteiger charge is -2.14. The number of nitrogens with zero attached hydrogens (tertiary/aromatic N) is 3. The molecule has 3 heterocycles. The van der Waals surface area contributed by atoms with Gasteiger partial charge in [0, 0.05) is 41.0 Å². The Morgan fingerprint density at radius 2 is 1.60 bits per heavy atom. The minimum Gasteiger partial charge on any atom is -0.364 e. The Bertz CT molecular complexity index is 1430. The first-order valence-electron chi connectivity index (χ1n) is 10.6. The third kappa shape index (κ3) is 5.35. The number of hydrogen-bond donors (Lipinski definition) is 2. The predicted molar refractivity (Wildman–Crippen MR) is 128 cm³/mol. The number of amides is 2. The SMILES string of the molecule is CC(C)(F)c1cc(C(=O)Nc2ccc(F)c(-c3ccnc(-c4ccnc(C(N)=O)c4)c3)c2)ccn1. The van der Waals surface area contributed by atoms with E-state index in [1.807, 2.05) is 0 Å². The van der Waals surface area contributed by atoms with E-state index in [9.17, 15) is 18.4 Å². The third-order valence-electron chi connectivity index (χ3n) is 5.23. The van der Waals surface area contributed by atoms with E-state index in [1.165, 1.54) is 68.8 Å². The van der Waals surface area contributed by atoms with Crippen LogP contribution in [0.4, 0.5) is 14.5 Å². The van der Waals surface area contributed by atoms with Crippen LogP contribution in [-0.2, 0) is 5.67 Å². The van der Waals surface area contributed by atoms with Gasteiger partial charge in [0.1, 0.15) is 17.2 Å². The summed E-state index contributed by atoms with van der Waals surface area (Å²) in [4.78, 5) is 36.4. The number of benzene rings is 1. The Labute approximate surface area is 200 Å². The molecule has 0 aliphatic rings. The summed E-state index contributed by atoms with van der Waals surface area (Å²) in [6.45, 7) is 2.71. The number of halogens is 2. The molecule has 4 rings (SSSR count). The lowest BCUT2D eigenvalue weighted by Crippen LogP contribution is -2.16. The Morgan fingerprint density at radius 1 is 0.886 bits per heavy atom. The highest BCUT2D eigenvalue weighted by Crippen LogP contribution is 2.29. The quantitative estimate of drug-likeness (QED) is 0.414. The van der Waals surface area contributed by atoms with Crippen LogP contribution >= 0.6 is 0 Å². The molecular weight excluding hydrogens is 452 g/mol. The van der Waals surface area contributed by atoms with E-state index in [4.69, 9.17) is 5.73 Å². The number of nitrogens with two attached hydrogens (primary N) is 1. The zero-order chi connectivity index (χ0) is 25.2. The van der Waals surface area contributed by atoms with E-state index in [0.717, 1.165) is 0 Å². The number of hydrogen-bond acceptors (Lipinski definition) is 5. The van der Waals surface area contributed by atoms with Gasteiger partial charge in [0.05, 0.1) is 11.4 Å². The summed E-state index contributed by atoms with van der Waals surface area (Å²) < 4.78 is 29.0. The highest BCUT2D eigenvalue weighted by Gasteiger charge is 2.22. The molecular formula is C26H21F2N5O2. The second-order valence-electron chi connectivity index (χ2n) is 8.27. The zero-order valence-electron chi connectivity index (χ0n) is 18.9. The van der Waals surface area contributed by atoms with Crippen molar-refractivity contribution in [1.82, 2.24) is 15.0 Å². The number of rotatable bonds is 6. The largest absolute Gasteiger partial charge is 0.364 e. The van der Waals surface area contributed by atoms with Crippen LogP contribution in [0.1, 0.15) is 40.4 Å². The first-order valence-corrected chi connectivity index (χ1v) is 10.6. The van der Waals surface area contributed by atoms with Gasteiger partial charge in [-0.1, -0.05) is 0 Å². The number of pyridine rings is 3. The summed E-state index contributed by atoms with van der Waals surface area (Å²) in [5.74, 6) is -1.66. The molecule has 3 aromatic heterocycles. The van der Waals surface area contributed by atoms with Gasteiger partial charge in [0.25, 0.3) is 11.8 Å². The average Bonchev–Trinajstić information content (AvgIpc) is 2.85. The molecule has 0 bridgehead atoms. The number of aromatic nitrogens is 3. The van der Waals surface area contributed by atoms with E-state index in [1.54, 1.807) is 18.2 Å². The summed E-state index contributed by atoms with van der Waals surface area (Å²) in [7, 11) is 0. The Kier molecular flexibility index (Phi) is 6.33. The normalized spacial score (nSPS) is 11.2. The number of anilines is 1. The van der Waals surface area contributed by atoms with Gasteiger partial charge >= 0.3 is 0 Å². The van der Waals surface area contributed by atoms with Gasteiger partial charge in [-0.3, -0.25) is 24.5 Å². The van der Waals surface area contributed by atoms with Crippen LogP contribution < -0.4 is 11.1 Å².